The fourth-order valence-corrected chi connectivity index (χ4v) is 1.61. The first kappa shape index (κ1) is 10.7. The summed E-state index contributed by atoms with van der Waals surface area (Å²) in [5, 5.41) is 0. The maximum absolute atomic E-state index is 12.8. The lowest BCUT2D eigenvalue weighted by Gasteiger charge is -2.06. The van der Waals surface area contributed by atoms with Gasteiger partial charge < -0.3 is 5.73 Å². The van der Waals surface area contributed by atoms with Crippen molar-refractivity contribution in [3.8, 4) is 0 Å². The third-order valence-electron chi connectivity index (χ3n) is 1.94. The van der Waals surface area contributed by atoms with E-state index in [0.717, 1.165) is 16.5 Å². The number of halogens is 2. The summed E-state index contributed by atoms with van der Waals surface area (Å²) < 4.78 is 13.9. The average Bonchev–Trinajstić information content (AvgIpc) is 2.16. The van der Waals surface area contributed by atoms with E-state index in [1.807, 2.05) is 24.3 Å². The van der Waals surface area contributed by atoms with Crippen LogP contribution in [-0.2, 0) is 6.42 Å². The Labute approximate surface area is 86.3 Å². The number of alkyl halides is 1. The molecule has 0 heterocycles. The van der Waals surface area contributed by atoms with Crippen molar-refractivity contribution >= 4 is 15.9 Å². The molecule has 0 saturated heterocycles. The smallest absolute Gasteiger partial charge is 0.113 e. The van der Waals surface area contributed by atoms with E-state index in [0.29, 0.717) is 6.42 Å². The van der Waals surface area contributed by atoms with Crippen LogP contribution in [0.3, 0.4) is 0 Å². The van der Waals surface area contributed by atoms with Crippen LogP contribution in [0.25, 0.3) is 0 Å². The topological polar surface area (TPSA) is 26.0 Å². The summed E-state index contributed by atoms with van der Waals surface area (Å²) in [5.41, 5.74) is 6.33. The zero-order valence-electron chi connectivity index (χ0n) is 7.34. The van der Waals surface area contributed by atoms with E-state index in [1.165, 1.54) is 0 Å². The highest BCUT2D eigenvalue weighted by molar-refractivity contribution is 9.10. The van der Waals surface area contributed by atoms with Crippen LogP contribution in [0.4, 0.5) is 4.39 Å². The van der Waals surface area contributed by atoms with Crippen LogP contribution in [0, 0.1) is 0 Å². The van der Waals surface area contributed by atoms with Crippen LogP contribution < -0.4 is 5.73 Å². The maximum Gasteiger partial charge on any atom is 0.113 e. The van der Waals surface area contributed by atoms with Crippen LogP contribution in [0.5, 0.6) is 0 Å². The molecular formula is C10H13BrFN. The molecule has 1 aromatic rings. The molecule has 0 saturated carbocycles. The van der Waals surface area contributed by atoms with Crippen molar-refractivity contribution in [1.82, 2.24) is 0 Å². The summed E-state index contributed by atoms with van der Waals surface area (Å²) in [6.07, 6.45) is 0.353. The van der Waals surface area contributed by atoms with Crippen molar-refractivity contribution < 1.29 is 4.39 Å². The highest BCUT2D eigenvalue weighted by Gasteiger charge is 2.05. The Kier molecular flexibility index (Phi) is 4.39. The minimum atomic E-state index is -0.882. The van der Waals surface area contributed by atoms with Gasteiger partial charge in [0.25, 0.3) is 0 Å². The zero-order valence-corrected chi connectivity index (χ0v) is 8.93. The predicted molar refractivity (Wildman–Crippen MR) is 56.4 cm³/mol. The number of hydrogen-bond donors (Lipinski definition) is 1. The molecule has 0 bridgehead atoms. The number of aryl methyl sites for hydroxylation is 1. The molecule has 0 aliphatic rings. The average molecular weight is 246 g/mol. The molecule has 0 spiro atoms. The van der Waals surface area contributed by atoms with Gasteiger partial charge in [0.15, 0.2) is 0 Å². The van der Waals surface area contributed by atoms with Crippen molar-refractivity contribution in [3.05, 3.63) is 34.3 Å². The van der Waals surface area contributed by atoms with Crippen LogP contribution >= 0.6 is 15.9 Å². The molecule has 1 rings (SSSR count). The van der Waals surface area contributed by atoms with Crippen molar-refractivity contribution in [3.63, 3.8) is 0 Å². The standard InChI is InChI=1S/C10H13BrFN/c11-10-4-2-1-3-8(10)5-6-9(12)7-13/h1-4,9H,5-7,13H2. The van der Waals surface area contributed by atoms with Crippen molar-refractivity contribution in [2.45, 2.75) is 19.0 Å². The minimum absolute atomic E-state index is 0.116. The van der Waals surface area contributed by atoms with E-state index >= 15 is 0 Å². The van der Waals surface area contributed by atoms with E-state index in [1.54, 1.807) is 0 Å². The van der Waals surface area contributed by atoms with Gasteiger partial charge in [-0.15, -0.1) is 0 Å². The van der Waals surface area contributed by atoms with Gasteiger partial charge in [0.2, 0.25) is 0 Å². The van der Waals surface area contributed by atoms with E-state index in [2.05, 4.69) is 15.9 Å². The lowest BCUT2D eigenvalue weighted by atomic mass is 10.1. The highest BCUT2D eigenvalue weighted by Crippen LogP contribution is 2.18. The number of hydrogen-bond acceptors (Lipinski definition) is 1. The van der Waals surface area contributed by atoms with Gasteiger partial charge in [-0.1, -0.05) is 34.1 Å². The molecule has 0 amide bonds. The van der Waals surface area contributed by atoms with E-state index < -0.39 is 6.17 Å². The molecule has 0 aliphatic carbocycles. The lowest BCUT2D eigenvalue weighted by Crippen LogP contribution is -2.15. The molecule has 13 heavy (non-hydrogen) atoms. The van der Waals surface area contributed by atoms with Gasteiger partial charge in [-0.05, 0) is 24.5 Å². The summed E-state index contributed by atoms with van der Waals surface area (Å²) in [7, 11) is 0. The zero-order chi connectivity index (χ0) is 9.68. The first-order valence-electron chi connectivity index (χ1n) is 4.31. The normalized spacial score (nSPS) is 12.8. The summed E-state index contributed by atoms with van der Waals surface area (Å²) in [5.74, 6) is 0. The SMILES string of the molecule is NCC(F)CCc1ccccc1Br. The van der Waals surface area contributed by atoms with Crippen LogP contribution in [0.1, 0.15) is 12.0 Å². The molecule has 0 aromatic heterocycles. The van der Waals surface area contributed by atoms with E-state index in [-0.39, 0.29) is 6.54 Å². The first-order chi connectivity index (χ1) is 6.24. The minimum Gasteiger partial charge on any atom is -0.328 e. The lowest BCUT2D eigenvalue weighted by molar-refractivity contribution is 0.322. The fraction of sp³-hybridized carbons (Fsp3) is 0.400. The second-order valence-electron chi connectivity index (χ2n) is 2.96. The molecule has 0 radical (unpaired) electrons. The van der Waals surface area contributed by atoms with Crippen LogP contribution in [0.15, 0.2) is 28.7 Å². The molecule has 0 fully saturated rings. The van der Waals surface area contributed by atoms with Crippen LogP contribution in [-0.4, -0.2) is 12.7 Å². The van der Waals surface area contributed by atoms with Crippen LogP contribution in [0.2, 0.25) is 0 Å². The molecule has 3 heteroatoms. The van der Waals surface area contributed by atoms with Crippen molar-refractivity contribution in [2.24, 2.45) is 5.73 Å². The molecular weight excluding hydrogens is 233 g/mol. The molecule has 1 aromatic carbocycles. The maximum atomic E-state index is 12.8. The summed E-state index contributed by atoms with van der Waals surface area (Å²) in [6, 6.07) is 7.86. The Morgan fingerprint density at radius 1 is 1.38 bits per heavy atom. The summed E-state index contributed by atoms with van der Waals surface area (Å²) in [4.78, 5) is 0. The largest absolute Gasteiger partial charge is 0.328 e. The van der Waals surface area contributed by atoms with Gasteiger partial charge in [-0.3, -0.25) is 0 Å². The highest BCUT2D eigenvalue weighted by atomic mass is 79.9. The molecule has 1 atom stereocenters. The Balaban J connectivity index is 2.50. The third kappa shape index (κ3) is 3.44. The van der Waals surface area contributed by atoms with Gasteiger partial charge in [0, 0.05) is 11.0 Å². The molecule has 0 aliphatic heterocycles. The van der Waals surface area contributed by atoms with E-state index in [4.69, 9.17) is 5.73 Å². The van der Waals surface area contributed by atoms with Gasteiger partial charge >= 0.3 is 0 Å². The van der Waals surface area contributed by atoms with Gasteiger partial charge in [-0.2, -0.15) is 0 Å². The molecule has 1 nitrogen and oxygen atoms in total. The van der Waals surface area contributed by atoms with Crippen molar-refractivity contribution in [2.75, 3.05) is 6.54 Å². The monoisotopic (exact) mass is 245 g/mol. The van der Waals surface area contributed by atoms with Gasteiger partial charge in [-0.25, -0.2) is 4.39 Å². The quantitative estimate of drug-likeness (QED) is 0.868. The van der Waals surface area contributed by atoms with Crippen molar-refractivity contribution in [1.29, 1.82) is 0 Å². The molecule has 72 valence electrons. The predicted octanol–water partition coefficient (Wildman–Crippen LogP) is 2.68. The third-order valence-corrected chi connectivity index (χ3v) is 2.71. The molecule has 2 N–H and O–H groups in total. The summed E-state index contributed by atoms with van der Waals surface area (Å²) >= 11 is 3.41. The second-order valence-corrected chi connectivity index (χ2v) is 3.82. The number of rotatable bonds is 4. The number of benzene rings is 1. The van der Waals surface area contributed by atoms with E-state index in [9.17, 15) is 4.39 Å². The Bertz CT molecular complexity index is 265. The fourth-order valence-electron chi connectivity index (χ4n) is 1.13. The van der Waals surface area contributed by atoms with Gasteiger partial charge in [0.05, 0.1) is 0 Å². The summed E-state index contributed by atoms with van der Waals surface area (Å²) in [6.45, 7) is 0.116. The number of nitrogens with two attached hydrogens (primary N) is 1. The first-order valence-corrected chi connectivity index (χ1v) is 5.11. The molecule has 1 unspecified atom stereocenters. The Morgan fingerprint density at radius 2 is 2.08 bits per heavy atom. The second kappa shape index (κ2) is 5.35. The Hall–Kier alpha value is -0.410. The Morgan fingerprint density at radius 3 is 2.69 bits per heavy atom. The van der Waals surface area contributed by atoms with Gasteiger partial charge in [0.1, 0.15) is 6.17 Å².